The molecule has 0 atom stereocenters. The lowest BCUT2D eigenvalue weighted by Crippen LogP contribution is -2.20. The third-order valence-electron chi connectivity index (χ3n) is 2.81. The monoisotopic (exact) mass is 413 g/mol. The molecular weight excluding hydrogens is 381 g/mol. The number of carbonyl (C=O) groups is 2. The van der Waals surface area contributed by atoms with Crippen molar-refractivity contribution in [3.05, 3.63) is 0 Å². The fourth-order valence-electron chi connectivity index (χ4n) is 1.54. The van der Waals surface area contributed by atoms with Crippen LogP contribution in [0.3, 0.4) is 0 Å². The smallest absolute Gasteiger partial charge is 0.434 e. The molecule has 0 amide bonds. The van der Waals surface area contributed by atoms with Gasteiger partial charge >= 0.3 is 20.1 Å². The molecule has 0 aliphatic heterocycles. The molecule has 0 radical (unpaired) electrons. The van der Waals surface area contributed by atoms with Crippen LogP contribution in [0.25, 0.3) is 0 Å². The van der Waals surface area contributed by atoms with Crippen LogP contribution in [0.15, 0.2) is 0 Å². The number of carbonyl (C=O) groups excluding carboxylic acids is 2. The molecule has 27 heavy (non-hydrogen) atoms. The third kappa shape index (κ3) is 15.4. The number of hydrogen-bond acceptors (Lipinski definition) is 9. The zero-order valence-corrected chi connectivity index (χ0v) is 17.3. The Morgan fingerprint density at radius 2 is 1.15 bits per heavy atom. The molecule has 0 unspecified atom stereocenters. The van der Waals surface area contributed by atoms with Crippen LogP contribution < -0.4 is 5.09 Å². The molecule has 0 saturated heterocycles. The first-order chi connectivity index (χ1) is 13.0. The van der Waals surface area contributed by atoms with Gasteiger partial charge in [-0.15, -0.1) is 0 Å². The molecule has 0 aromatic heterocycles. The minimum atomic E-state index is -3.63. The summed E-state index contributed by atoms with van der Waals surface area (Å²) in [7, 11) is -3.63. The van der Waals surface area contributed by atoms with E-state index in [1.807, 2.05) is 20.8 Å². The quantitative estimate of drug-likeness (QED) is 0.228. The van der Waals surface area contributed by atoms with Crippen LogP contribution in [0.1, 0.15) is 46.5 Å². The molecule has 10 nitrogen and oxygen atoms in total. The van der Waals surface area contributed by atoms with Gasteiger partial charge in [0.1, 0.15) is 13.2 Å². The predicted octanol–water partition coefficient (Wildman–Crippen LogP) is 3.64. The van der Waals surface area contributed by atoms with Crippen molar-refractivity contribution in [2.24, 2.45) is 0 Å². The first kappa shape index (κ1) is 25.6. The molecule has 0 saturated carbocycles. The van der Waals surface area contributed by atoms with Gasteiger partial charge in [-0.1, -0.05) is 27.2 Å². The van der Waals surface area contributed by atoms with E-state index in [0.29, 0.717) is 19.4 Å². The molecule has 0 heterocycles. The van der Waals surface area contributed by atoms with Gasteiger partial charge < -0.3 is 18.9 Å². The van der Waals surface area contributed by atoms with Crippen LogP contribution in [0.5, 0.6) is 0 Å². The fourth-order valence-corrected chi connectivity index (χ4v) is 2.86. The Labute approximate surface area is 160 Å². The maximum Gasteiger partial charge on any atom is 0.508 e. The second-order valence-electron chi connectivity index (χ2n) is 5.32. The van der Waals surface area contributed by atoms with E-state index in [0.717, 1.165) is 12.8 Å². The summed E-state index contributed by atoms with van der Waals surface area (Å²) in [4.78, 5) is 22.4. The molecule has 0 bridgehead atoms. The molecular formula is C16H32NO9P. The van der Waals surface area contributed by atoms with Gasteiger partial charge in [0.2, 0.25) is 0 Å². The zero-order valence-electron chi connectivity index (χ0n) is 16.4. The van der Waals surface area contributed by atoms with Gasteiger partial charge in [-0.25, -0.2) is 19.2 Å². The Morgan fingerprint density at radius 1 is 0.704 bits per heavy atom. The van der Waals surface area contributed by atoms with Crippen molar-refractivity contribution in [3.8, 4) is 0 Å². The van der Waals surface area contributed by atoms with Crippen molar-refractivity contribution in [1.82, 2.24) is 5.09 Å². The van der Waals surface area contributed by atoms with Crippen LogP contribution in [-0.4, -0.2) is 58.5 Å². The molecule has 0 aromatic carbocycles. The van der Waals surface area contributed by atoms with Gasteiger partial charge in [0.15, 0.2) is 0 Å². The van der Waals surface area contributed by atoms with E-state index in [4.69, 9.17) is 28.0 Å². The fraction of sp³-hybridized carbons (Fsp3) is 0.875. The van der Waals surface area contributed by atoms with E-state index in [9.17, 15) is 14.2 Å². The highest BCUT2D eigenvalue weighted by atomic mass is 31.2. The summed E-state index contributed by atoms with van der Waals surface area (Å²) >= 11 is 0. The minimum absolute atomic E-state index is 0.134. The average molecular weight is 413 g/mol. The van der Waals surface area contributed by atoms with Gasteiger partial charge in [-0.3, -0.25) is 9.05 Å². The Bertz CT molecular complexity index is 416. The molecule has 0 aromatic rings. The highest BCUT2D eigenvalue weighted by Crippen LogP contribution is 2.43. The summed E-state index contributed by atoms with van der Waals surface area (Å²) in [6, 6.07) is 0. The Balaban J connectivity index is 4.19. The predicted molar refractivity (Wildman–Crippen MR) is 97.6 cm³/mol. The SMILES string of the molecule is CCCCNP(=O)(OCCOC(=O)OCCC)OCCOC(=O)OCCC. The van der Waals surface area contributed by atoms with Crippen LogP contribution in [-0.2, 0) is 32.6 Å². The maximum atomic E-state index is 12.6. The standard InChI is InChI=1S/C16H32NO9P/c1-4-7-8-17-27(20,25-13-11-23-15(18)21-9-5-2)26-14-12-24-16(19)22-10-6-3/h4-14H2,1-3H3,(H,17,20). The molecule has 0 aliphatic rings. The second kappa shape index (κ2) is 16.8. The lowest BCUT2D eigenvalue weighted by atomic mass is 10.3. The van der Waals surface area contributed by atoms with Crippen LogP contribution in [0.4, 0.5) is 9.59 Å². The average Bonchev–Trinajstić information content (AvgIpc) is 2.65. The van der Waals surface area contributed by atoms with Gasteiger partial charge in [-0.05, 0) is 19.3 Å². The van der Waals surface area contributed by atoms with E-state index in [1.54, 1.807) is 0 Å². The second-order valence-corrected chi connectivity index (χ2v) is 7.15. The summed E-state index contributed by atoms with van der Waals surface area (Å²) in [6.07, 6.45) is 1.42. The highest BCUT2D eigenvalue weighted by molar-refractivity contribution is 7.51. The maximum absolute atomic E-state index is 12.6. The lowest BCUT2D eigenvalue weighted by Gasteiger charge is -2.19. The molecule has 1 N–H and O–H groups in total. The summed E-state index contributed by atoms with van der Waals surface area (Å²) in [5.74, 6) is 0. The number of ether oxygens (including phenoxy) is 4. The van der Waals surface area contributed by atoms with Crippen molar-refractivity contribution in [1.29, 1.82) is 0 Å². The number of nitrogens with one attached hydrogen (secondary N) is 1. The van der Waals surface area contributed by atoms with Gasteiger partial charge in [-0.2, -0.15) is 0 Å². The number of hydrogen-bond donors (Lipinski definition) is 1. The van der Waals surface area contributed by atoms with Crippen LogP contribution >= 0.6 is 7.75 Å². The van der Waals surface area contributed by atoms with E-state index in [-0.39, 0.29) is 39.6 Å². The Morgan fingerprint density at radius 3 is 1.56 bits per heavy atom. The molecule has 0 fully saturated rings. The van der Waals surface area contributed by atoms with Crippen molar-refractivity contribution in [2.75, 3.05) is 46.2 Å². The van der Waals surface area contributed by atoms with E-state index in [2.05, 4.69) is 5.09 Å². The summed E-state index contributed by atoms with van der Waals surface area (Å²) in [6.45, 7) is 6.11. The normalized spacial score (nSPS) is 11.1. The van der Waals surface area contributed by atoms with Gasteiger partial charge in [0.25, 0.3) is 0 Å². The van der Waals surface area contributed by atoms with Crippen molar-refractivity contribution >= 4 is 20.1 Å². The molecule has 0 spiro atoms. The topological polar surface area (TPSA) is 119 Å². The highest BCUT2D eigenvalue weighted by Gasteiger charge is 2.24. The lowest BCUT2D eigenvalue weighted by molar-refractivity contribution is 0.0374. The van der Waals surface area contributed by atoms with Gasteiger partial charge in [0.05, 0.1) is 26.4 Å². The number of unbranched alkanes of at least 4 members (excludes halogenated alkanes) is 1. The molecule has 0 rings (SSSR count). The Kier molecular flexibility index (Phi) is 16.0. The minimum Gasteiger partial charge on any atom is -0.434 e. The summed E-state index contributed by atoms with van der Waals surface area (Å²) in [5.41, 5.74) is 0. The largest absolute Gasteiger partial charge is 0.508 e. The first-order valence-electron chi connectivity index (χ1n) is 9.20. The van der Waals surface area contributed by atoms with Crippen LogP contribution in [0.2, 0.25) is 0 Å². The first-order valence-corrected chi connectivity index (χ1v) is 10.7. The van der Waals surface area contributed by atoms with Crippen molar-refractivity contribution in [2.45, 2.75) is 46.5 Å². The third-order valence-corrected chi connectivity index (χ3v) is 4.47. The summed E-state index contributed by atoms with van der Waals surface area (Å²) in [5, 5.41) is 2.71. The van der Waals surface area contributed by atoms with E-state index >= 15 is 0 Å². The van der Waals surface area contributed by atoms with Crippen molar-refractivity contribution in [3.63, 3.8) is 0 Å². The molecule has 0 aliphatic carbocycles. The zero-order chi connectivity index (χ0) is 20.4. The Hall–Kier alpha value is -1.35. The van der Waals surface area contributed by atoms with Gasteiger partial charge in [0, 0.05) is 6.54 Å². The van der Waals surface area contributed by atoms with Crippen LogP contribution in [0, 0.1) is 0 Å². The molecule has 11 heteroatoms. The summed E-state index contributed by atoms with van der Waals surface area (Å²) < 4.78 is 42.1. The van der Waals surface area contributed by atoms with E-state index < -0.39 is 20.1 Å². The molecule has 160 valence electrons. The number of rotatable bonds is 16. The van der Waals surface area contributed by atoms with Crippen molar-refractivity contribution < 1.29 is 42.1 Å². The van der Waals surface area contributed by atoms with E-state index in [1.165, 1.54) is 0 Å².